The molecule has 2 aliphatic rings. The Kier molecular flexibility index (Phi) is 4.30. The zero-order valence-corrected chi connectivity index (χ0v) is 12.8. The highest BCUT2D eigenvalue weighted by Crippen LogP contribution is 2.46. The van der Waals surface area contributed by atoms with Gasteiger partial charge in [-0.2, -0.15) is 0 Å². The number of aryl methyl sites for hydroxylation is 1. The lowest BCUT2D eigenvalue weighted by molar-refractivity contribution is 0.340. The normalized spacial score (nSPS) is 25.3. The maximum absolute atomic E-state index is 5.67. The van der Waals surface area contributed by atoms with E-state index < -0.39 is 0 Å². The molecular weight excluding hydrogens is 246 g/mol. The third-order valence-electron chi connectivity index (χ3n) is 4.90. The number of fused-ring (bicyclic) bond motifs is 1. The van der Waals surface area contributed by atoms with Crippen molar-refractivity contribution in [2.24, 2.45) is 5.92 Å². The molecule has 20 heavy (non-hydrogen) atoms. The van der Waals surface area contributed by atoms with Crippen LogP contribution in [0.5, 0.6) is 5.75 Å². The van der Waals surface area contributed by atoms with E-state index in [1.54, 1.807) is 0 Å². The summed E-state index contributed by atoms with van der Waals surface area (Å²) in [6.07, 6.45) is 7.88. The second kappa shape index (κ2) is 6.17. The number of rotatable bonds is 6. The third kappa shape index (κ3) is 2.85. The second-order valence-electron chi connectivity index (χ2n) is 6.42. The monoisotopic (exact) mass is 273 g/mol. The van der Waals surface area contributed by atoms with Crippen LogP contribution in [0.2, 0.25) is 0 Å². The van der Waals surface area contributed by atoms with Gasteiger partial charge in [0.25, 0.3) is 0 Å². The molecule has 0 aromatic heterocycles. The van der Waals surface area contributed by atoms with Crippen LogP contribution in [0, 0.1) is 5.92 Å². The summed E-state index contributed by atoms with van der Waals surface area (Å²) in [6, 6.07) is 7.22. The van der Waals surface area contributed by atoms with Crippen LogP contribution in [0.15, 0.2) is 18.2 Å². The molecule has 1 aromatic rings. The fraction of sp³-hybridized carbons (Fsp3) is 0.667. The zero-order chi connectivity index (χ0) is 13.9. The molecule has 110 valence electrons. The average Bonchev–Trinajstić information content (AvgIpc) is 3.29. The number of hydrogen-bond acceptors (Lipinski definition) is 2. The third-order valence-corrected chi connectivity index (χ3v) is 4.90. The molecule has 0 radical (unpaired) electrons. The maximum Gasteiger partial charge on any atom is 0.122 e. The Labute approximate surface area is 122 Å². The highest BCUT2D eigenvalue weighted by atomic mass is 16.5. The maximum atomic E-state index is 5.67. The molecule has 0 spiro atoms. The van der Waals surface area contributed by atoms with E-state index in [0.717, 1.165) is 18.2 Å². The predicted octanol–water partition coefficient (Wildman–Crippen LogP) is 3.89. The first-order valence-corrected chi connectivity index (χ1v) is 8.22. The van der Waals surface area contributed by atoms with Crippen molar-refractivity contribution in [3.8, 4) is 5.75 Å². The first-order valence-electron chi connectivity index (χ1n) is 8.22. The molecule has 2 nitrogen and oxygen atoms in total. The molecule has 1 aromatic carbocycles. The highest BCUT2D eigenvalue weighted by Gasteiger charge is 2.36. The van der Waals surface area contributed by atoms with Gasteiger partial charge in [-0.3, -0.25) is 0 Å². The number of hydrogen-bond donors (Lipinski definition) is 1. The fourth-order valence-electron chi connectivity index (χ4n) is 3.69. The van der Waals surface area contributed by atoms with Crippen molar-refractivity contribution in [1.29, 1.82) is 0 Å². The molecule has 0 heterocycles. The smallest absolute Gasteiger partial charge is 0.122 e. The van der Waals surface area contributed by atoms with Crippen molar-refractivity contribution in [1.82, 2.24) is 5.32 Å². The van der Waals surface area contributed by atoms with Crippen molar-refractivity contribution < 1.29 is 4.74 Å². The van der Waals surface area contributed by atoms with Crippen LogP contribution < -0.4 is 10.1 Å². The van der Waals surface area contributed by atoms with Crippen LogP contribution in [-0.4, -0.2) is 19.7 Å². The summed E-state index contributed by atoms with van der Waals surface area (Å²) in [7, 11) is 1.81. The summed E-state index contributed by atoms with van der Waals surface area (Å²) >= 11 is 0. The summed E-state index contributed by atoms with van der Waals surface area (Å²) in [4.78, 5) is 0. The number of methoxy groups -OCH3 is 1. The largest absolute Gasteiger partial charge is 0.496 e. The highest BCUT2D eigenvalue weighted by molar-refractivity contribution is 5.45. The van der Waals surface area contributed by atoms with E-state index in [9.17, 15) is 0 Å². The van der Waals surface area contributed by atoms with Crippen molar-refractivity contribution in [2.75, 3.05) is 13.7 Å². The summed E-state index contributed by atoms with van der Waals surface area (Å²) in [5, 5.41) is 3.79. The summed E-state index contributed by atoms with van der Waals surface area (Å²) < 4.78 is 5.67. The van der Waals surface area contributed by atoms with Crippen LogP contribution in [0.4, 0.5) is 0 Å². The summed E-state index contributed by atoms with van der Waals surface area (Å²) in [5.74, 6) is 2.71. The van der Waals surface area contributed by atoms with Crippen LogP contribution >= 0.6 is 0 Å². The minimum Gasteiger partial charge on any atom is -0.496 e. The SMILES string of the molecule is CCCN[C@@H]1CCc2cccc(OC)c2[C@H]1CC1CC1. The van der Waals surface area contributed by atoms with E-state index in [1.807, 2.05) is 7.11 Å². The quantitative estimate of drug-likeness (QED) is 0.849. The predicted molar refractivity (Wildman–Crippen MR) is 83.5 cm³/mol. The fourth-order valence-corrected chi connectivity index (χ4v) is 3.69. The van der Waals surface area contributed by atoms with E-state index in [2.05, 4.69) is 30.4 Å². The van der Waals surface area contributed by atoms with Gasteiger partial charge in [-0.1, -0.05) is 31.9 Å². The molecule has 0 saturated heterocycles. The molecule has 2 aliphatic carbocycles. The molecule has 0 amide bonds. The Balaban J connectivity index is 1.89. The standard InChI is InChI=1S/C18H27NO/c1-3-11-19-16-10-9-14-5-4-6-17(20-2)18(14)15(16)12-13-7-8-13/h4-6,13,15-16,19H,3,7-12H2,1-2H3/t15-,16+/m0/s1. The van der Waals surface area contributed by atoms with Gasteiger partial charge >= 0.3 is 0 Å². The average molecular weight is 273 g/mol. The van der Waals surface area contributed by atoms with Crippen molar-refractivity contribution in [2.45, 2.75) is 57.4 Å². The molecular formula is C18H27NO. The van der Waals surface area contributed by atoms with Gasteiger partial charge in [-0.25, -0.2) is 0 Å². The van der Waals surface area contributed by atoms with Gasteiger partial charge in [0, 0.05) is 17.5 Å². The number of benzene rings is 1. The van der Waals surface area contributed by atoms with Crippen LogP contribution in [0.3, 0.4) is 0 Å². The second-order valence-corrected chi connectivity index (χ2v) is 6.42. The van der Waals surface area contributed by atoms with Crippen LogP contribution in [0.25, 0.3) is 0 Å². The molecule has 3 rings (SSSR count). The zero-order valence-electron chi connectivity index (χ0n) is 12.8. The molecule has 1 N–H and O–H groups in total. The molecule has 0 unspecified atom stereocenters. The van der Waals surface area contributed by atoms with Gasteiger partial charge in [-0.15, -0.1) is 0 Å². The lowest BCUT2D eigenvalue weighted by Gasteiger charge is -2.35. The van der Waals surface area contributed by atoms with Gasteiger partial charge in [-0.05, 0) is 49.8 Å². The summed E-state index contributed by atoms with van der Waals surface area (Å²) in [5.41, 5.74) is 3.02. The first-order chi connectivity index (χ1) is 9.83. The Bertz CT molecular complexity index is 438. The Morgan fingerprint density at radius 3 is 2.80 bits per heavy atom. The topological polar surface area (TPSA) is 21.3 Å². The van der Waals surface area contributed by atoms with E-state index in [4.69, 9.17) is 4.74 Å². The van der Waals surface area contributed by atoms with Crippen LogP contribution in [-0.2, 0) is 6.42 Å². The van der Waals surface area contributed by atoms with Crippen molar-refractivity contribution in [3.63, 3.8) is 0 Å². The van der Waals surface area contributed by atoms with Crippen LogP contribution in [0.1, 0.15) is 56.1 Å². The van der Waals surface area contributed by atoms with E-state index >= 15 is 0 Å². The first kappa shape index (κ1) is 13.9. The summed E-state index contributed by atoms with van der Waals surface area (Å²) in [6.45, 7) is 3.39. The molecule has 2 heteroatoms. The van der Waals surface area contributed by atoms with Crippen molar-refractivity contribution >= 4 is 0 Å². The van der Waals surface area contributed by atoms with Gasteiger partial charge < -0.3 is 10.1 Å². The van der Waals surface area contributed by atoms with E-state index in [-0.39, 0.29) is 0 Å². The molecule has 2 atom stereocenters. The minimum atomic E-state index is 0.638. The Hall–Kier alpha value is -1.02. The lowest BCUT2D eigenvalue weighted by Crippen LogP contribution is -2.39. The Morgan fingerprint density at radius 2 is 2.10 bits per heavy atom. The van der Waals surface area contributed by atoms with E-state index in [0.29, 0.717) is 12.0 Å². The molecule has 1 fully saturated rings. The minimum absolute atomic E-state index is 0.638. The van der Waals surface area contributed by atoms with Gasteiger partial charge in [0.1, 0.15) is 5.75 Å². The molecule has 1 saturated carbocycles. The Morgan fingerprint density at radius 1 is 1.25 bits per heavy atom. The van der Waals surface area contributed by atoms with Gasteiger partial charge in [0.05, 0.1) is 7.11 Å². The van der Waals surface area contributed by atoms with Gasteiger partial charge in [0.2, 0.25) is 0 Å². The van der Waals surface area contributed by atoms with E-state index in [1.165, 1.54) is 49.7 Å². The number of ether oxygens (including phenoxy) is 1. The number of nitrogens with one attached hydrogen (secondary N) is 1. The van der Waals surface area contributed by atoms with Gasteiger partial charge in [0.15, 0.2) is 0 Å². The molecule has 0 aliphatic heterocycles. The molecule has 0 bridgehead atoms. The van der Waals surface area contributed by atoms with Crippen molar-refractivity contribution in [3.05, 3.63) is 29.3 Å². The lowest BCUT2D eigenvalue weighted by atomic mass is 9.76.